The molecule has 2 aliphatic rings. The van der Waals surface area contributed by atoms with Crippen LogP contribution in [0.4, 0.5) is 0 Å². The molecule has 0 aromatic rings. The summed E-state index contributed by atoms with van der Waals surface area (Å²) in [5, 5.41) is 0. The van der Waals surface area contributed by atoms with E-state index in [-0.39, 0.29) is 6.84 Å². The second kappa shape index (κ2) is 9.71. The lowest BCUT2D eigenvalue weighted by molar-refractivity contribution is 0.397. The second-order valence-electron chi connectivity index (χ2n) is 5.19. The third kappa shape index (κ3) is 7.63. The van der Waals surface area contributed by atoms with Crippen LogP contribution in [0.25, 0.3) is 0 Å². The molecule has 2 aliphatic carbocycles. The van der Waals surface area contributed by atoms with Crippen LogP contribution in [0.15, 0.2) is 63.3 Å². The molecule has 23 heavy (non-hydrogen) atoms. The van der Waals surface area contributed by atoms with E-state index in [9.17, 15) is 0 Å². The van der Waals surface area contributed by atoms with Gasteiger partial charge < -0.3 is 4.74 Å². The Hall–Kier alpha value is 2.62. The predicted molar refractivity (Wildman–Crippen MR) is 151 cm³/mol. The number of rotatable bonds is 4. The Kier molecular flexibility index (Phi) is 9.25. The second-order valence-corrected chi connectivity index (χ2v) is 14.5. The summed E-state index contributed by atoms with van der Waals surface area (Å²) in [6.07, 6.45) is 18.9. The molecule has 0 aliphatic heterocycles. The lowest BCUT2D eigenvalue weighted by Crippen LogP contribution is -2.17. The minimum Gasteiger partial charge on any atom is -0.473 e. The monoisotopic (exact) mass is 982 g/mol. The Morgan fingerprint density at radius 3 is 1.52 bits per heavy atom. The third-order valence-electron chi connectivity index (χ3n) is 3.07. The van der Waals surface area contributed by atoms with Gasteiger partial charge in [0.25, 0.3) is 0 Å². The summed E-state index contributed by atoms with van der Waals surface area (Å²) in [6, 6.07) is 0. The van der Waals surface area contributed by atoms with Crippen molar-refractivity contribution in [2.75, 3.05) is 0 Å². The molecular weight excluding hydrogens is 970 g/mol. The highest BCUT2D eigenvalue weighted by atomic mass is 127. The molecule has 0 amide bonds. The Morgan fingerprint density at radius 2 is 1.17 bits per heavy atom. The highest BCUT2D eigenvalue weighted by molar-refractivity contribution is 14.1. The van der Waals surface area contributed by atoms with Crippen molar-refractivity contribution < 1.29 is 4.74 Å². The average Bonchev–Trinajstić information content (AvgIpc) is 2.34. The number of hydrogen-bond donors (Lipinski definition) is 0. The van der Waals surface area contributed by atoms with Crippen molar-refractivity contribution in [1.29, 1.82) is 0 Å². The van der Waals surface area contributed by atoms with E-state index in [2.05, 4.69) is 172 Å². The maximum atomic E-state index is 5.63. The lowest BCUT2D eigenvalue weighted by atomic mass is 10.0. The highest BCUT2D eigenvalue weighted by Gasteiger charge is 2.26. The first kappa shape index (κ1) is 21.9. The molecule has 0 spiro atoms. The van der Waals surface area contributed by atoms with E-state index in [1.807, 2.05) is 0 Å². The van der Waals surface area contributed by atoms with Crippen LogP contribution >= 0.6 is 136 Å². The number of alkyl halides is 2. The van der Waals surface area contributed by atoms with Crippen LogP contribution in [0.5, 0.6) is 0 Å². The Labute approximate surface area is 219 Å². The molecule has 2 rings (SSSR count). The van der Waals surface area contributed by atoms with Crippen molar-refractivity contribution in [3.05, 3.63) is 63.3 Å². The molecule has 0 fully saturated rings. The largest absolute Gasteiger partial charge is 0.473 e. The van der Waals surface area contributed by atoms with Gasteiger partial charge in [-0.15, -0.1) is 0 Å². The SMILES string of the molecule is IC1=CC(I)(C=COC=CC2(I)C=C(I)C=C(I)C2)CC(I)=C1. The normalized spacial score (nSPS) is 31.7. The van der Waals surface area contributed by atoms with Gasteiger partial charge in [0.15, 0.2) is 0 Å². The molecular formula is C16H12I6O. The van der Waals surface area contributed by atoms with Gasteiger partial charge in [-0.3, -0.25) is 0 Å². The molecule has 0 N–H and O–H groups in total. The Bertz CT molecular complexity index is 601. The highest BCUT2D eigenvalue weighted by Crippen LogP contribution is 2.41. The first-order chi connectivity index (χ1) is 10.7. The van der Waals surface area contributed by atoms with E-state index < -0.39 is 0 Å². The fourth-order valence-corrected chi connectivity index (χ4v) is 11.6. The lowest BCUT2D eigenvalue weighted by Gasteiger charge is -2.24. The van der Waals surface area contributed by atoms with E-state index in [1.165, 1.54) is 14.3 Å². The fraction of sp³-hybridized carbons (Fsp3) is 0.250. The number of hydrogen-bond acceptors (Lipinski definition) is 1. The van der Waals surface area contributed by atoms with E-state index in [4.69, 9.17) is 4.74 Å². The Morgan fingerprint density at radius 1 is 0.783 bits per heavy atom. The van der Waals surface area contributed by atoms with Crippen LogP contribution in [-0.4, -0.2) is 6.84 Å². The summed E-state index contributed by atoms with van der Waals surface area (Å²) in [7, 11) is 0. The summed E-state index contributed by atoms with van der Waals surface area (Å²) < 4.78 is 11.0. The van der Waals surface area contributed by atoms with Crippen LogP contribution in [0, 0.1) is 0 Å². The van der Waals surface area contributed by atoms with E-state index >= 15 is 0 Å². The van der Waals surface area contributed by atoms with Crippen molar-refractivity contribution in [3.63, 3.8) is 0 Å². The number of ether oxygens (including phenoxy) is 1. The minimum absolute atomic E-state index is 0.00758. The van der Waals surface area contributed by atoms with E-state index in [0.29, 0.717) is 0 Å². The van der Waals surface area contributed by atoms with Gasteiger partial charge >= 0.3 is 0 Å². The topological polar surface area (TPSA) is 9.23 Å². The molecule has 0 aromatic carbocycles. The van der Waals surface area contributed by atoms with Gasteiger partial charge in [0.2, 0.25) is 0 Å². The molecule has 0 bridgehead atoms. The zero-order valence-electron chi connectivity index (χ0n) is 11.7. The van der Waals surface area contributed by atoms with Gasteiger partial charge in [-0.2, -0.15) is 0 Å². The van der Waals surface area contributed by atoms with Crippen LogP contribution < -0.4 is 0 Å². The molecule has 0 radical (unpaired) electrons. The zero-order chi connectivity index (χ0) is 17.1. The van der Waals surface area contributed by atoms with Crippen LogP contribution in [-0.2, 0) is 4.74 Å². The van der Waals surface area contributed by atoms with E-state index in [0.717, 1.165) is 12.8 Å². The summed E-state index contributed by atoms with van der Waals surface area (Å²) >= 11 is 14.5. The molecule has 0 heterocycles. The number of allylic oxidation sites excluding steroid dienone is 10. The quantitative estimate of drug-likeness (QED) is 0.156. The van der Waals surface area contributed by atoms with Gasteiger partial charge in [-0.1, -0.05) is 57.3 Å². The van der Waals surface area contributed by atoms with Crippen molar-refractivity contribution in [3.8, 4) is 0 Å². The number of halogens is 6. The maximum Gasteiger partial charge on any atom is 0.0877 e. The average molecular weight is 982 g/mol. The van der Waals surface area contributed by atoms with Crippen LogP contribution in [0.2, 0.25) is 0 Å². The smallest absolute Gasteiger partial charge is 0.0877 e. The molecule has 0 aromatic heterocycles. The molecule has 124 valence electrons. The van der Waals surface area contributed by atoms with Gasteiger partial charge in [0.1, 0.15) is 0 Å². The van der Waals surface area contributed by atoms with Crippen molar-refractivity contribution in [1.82, 2.24) is 0 Å². The van der Waals surface area contributed by atoms with Gasteiger partial charge in [0.05, 0.1) is 19.4 Å². The summed E-state index contributed by atoms with van der Waals surface area (Å²) in [4.78, 5) is 0. The molecule has 0 saturated heterocycles. The first-order valence-electron chi connectivity index (χ1n) is 6.57. The van der Waals surface area contributed by atoms with Crippen LogP contribution in [0.1, 0.15) is 12.8 Å². The molecule has 0 saturated carbocycles. The zero-order valence-corrected chi connectivity index (χ0v) is 24.7. The first-order valence-corrected chi connectivity index (χ1v) is 13.0. The Balaban J connectivity index is 1.95. The summed E-state index contributed by atoms with van der Waals surface area (Å²) in [5.74, 6) is 0. The summed E-state index contributed by atoms with van der Waals surface area (Å²) in [6.45, 7) is 0. The predicted octanol–water partition coefficient (Wildman–Crippen LogP) is 8.46. The standard InChI is InChI=1S/C16H12I6O/c17-11-5-12(18)8-15(21,7-11)1-3-23-4-2-16(22)9-13(19)6-14(20)10-16/h1-7,9H,8,10H2. The third-order valence-corrected chi connectivity index (χ3v) is 7.81. The van der Waals surface area contributed by atoms with Crippen LogP contribution in [0.3, 0.4) is 0 Å². The van der Waals surface area contributed by atoms with Gasteiger partial charge in [0, 0.05) is 7.16 Å². The van der Waals surface area contributed by atoms with Crippen molar-refractivity contribution in [2.45, 2.75) is 19.7 Å². The fourth-order valence-electron chi connectivity index (χ4n) is 2.13. The van der Waals surface area contributed by atoms with E-state index in [1.54, 1.807) is 12.5 Å². The van der Waals surface area contributed by atoms with Crippen molar-refractivity contribution in [2.24, 2.45) is 0 Å². The maximum absolute atomic E-state index is 5.63. The molecule has 7 heteroatoms. The van der Waals surface area contributed by atoms with Gasteiger partial charge in [-0.05, 0) is 135 Å². The van der Waals surface area contributed by atoms with Gasteiger partial charge in [-0.25, -0.2) is 0 Å². The molecule has 1 nitrogen and oxygen atoms in total. The molecule has 2 atom stereocenters. The minimum atomic E-state index is 0.00758. The summed E-state index contributed by atoms with van der Waals surface area (Å²) in [5.41, 5.74) is 0. The molecule has 2 unspecified atom stereocenters. The van der Waals surface area contributed by atoms with Crippen molar-refractivity contribution >= 4 is 136 Å².